The highest BCUT2D eigenvalue weighted by molar-refractivity contribution is 7.18. The minimum atomic E-state index is 0.658. The molecular weight excluding hydrogens is 300 g/mol. The standard InChI is InChI=1S/C15H18N4S2/c1-8-5-11(21-10(8)3)7-17-13-12-6-9(2)20-14(12)19-15(16-4)18-13/h5-6H,7H2,1-4H3,(H2,16,17,18,19). The predicted molar refractivity (Wildman–Crippen MR) is 92.8 cm³/mol. The zero-order valence-corrected chi connectivity index (χ0v) is 14.2. The van der Waals surface area contributed by atoms with E-state index in [4.69, 9.17) is 0 Å². The molecule has 0 bridgehead atoms. The summed E-state index contributed by atoms with van der Waals surface area (Å²) in [7, 11) is 1.84. The largest absolute Gasteiger partial charge is 0.364 e. The van der Waals surface area contributed by atoms with Gasteiger partial charge in [0.25, 0.3) is 0 Å². The fourth-order valence-electron chi connectivity index (χ4n) is 2.20. The van der Waals surface area contributed by atoms with Gasteiger partial charge in [-0.1, -0.05) is 0 Å². The number of thiophene rings is 2. The van der Waals surface area contributed by atoms with Crippen LogP contribution in [0.4, 0.5) is 11.8 Å². The van der Waals surface area contributed by atoms with Gasteiger partial charge >= 0.3 is 0 Å². The lowest BCUT2D eigenvalue weighted by Gasteiger charge is -2.07. The first-order valence-corrected chi connectivity index (χ1v) is 8.46. The van der Waals surface area contributed by atoms with Crippen molar-refractivity contribution >= 4 is 44.7 Å². The molecule has 3 rings (SSSR count). The molecule has 3 aromatic heterocycles. The molecule has 0 saturated heterocycles. The number of hydrogen-bond acceptors (Lipinski definition) is 6. The van der Waals surface area contributed by atoms with Gasteiger partial charge in [0.15, 0.2) is 0 Å². The Balaban J connectivity index is 1.91. The lowest BCUT2D eigenvalue weighted by Crippen LogP contribution is -2.04. The topological polar surface area (TPSA) is 49.8 Å². The number of anilines is 2. The van der Waals surface area contributed by atoms with Crippen molar-refractivity contribution in [2.75, 3.05) is 17.7 Å². The minimum Gasteiger partial charge on any atom is -0.364 e. The zero-order valence-electron chi connectivity index (χ0n) is 12.6. The van der Waals surface area contributed by atoms with Crippen LogP contribution in [0.1, 0.15) is 20.2 Å². The molecule has 6 heteroatoms. The number of nitrogens with one attached hydrogen (secondary N) is 2. The van der Waals surface area contributed by atoms with E-state index in [9.17, 15) is 0 Å². The maximum absolute atomic E-state index is 4.55. The van der Waals surface area contributed by atoms with Gasteiger partial charge in [-0.15, -0.1) is 22.7 Å². The van der Waals surface area contributed by atoms with Crippen molar-refractivity contribution in [3.63, 3.8) is 0 Å². The van der Waals surface area contributed by atoms with Crippen molar-refractivity contribution in [1.82, 2.24) is 9.97 Å². The number of hydrogen-bond donors (Lipinski definition) is 2. The Hall–Kier alpha value is -1.66. The van der Waals surface area contributed by atoms with E-state index in [1.165, 1.54) is 20.2 Å². The summed E-state index contributed by atoms with van der Waals surface area (Å²) < 4.78 is 0. The fourth-order valence-corrected chi connectivity index (χ4v) is 4.07. The van der Waals surface area contributed by atoms with Crippen LogP contribution in [0.25, 0.3) is 10.2 Å². The molecule has 0 saturated carbocycles. The van der Waals surface area contributed by atoms with Crippen molar-refractivity contribution in [1.29, 1.82) is 0 Å². The number of aryl methyl sites for hydroxylation is 3. The minimum absolute atomic E-state index is 0.658. The highest BCUT2D eigenvalue weighted by Crippen LogP contribution is 2.30. The van der Waals surface area contributed by atoms with Crippen LogP contribution >= 0.6 is 22.7 Å². The Morgan fingerprint density at radius 1 is 1.10 bits per heavy atom. The van der Waals surface area contributed by atoms with E-state index < -0.39 is 0 Å². The van der Waals surface area contributed by atoms with Crippen molar-refractivity contribution in [3.05, 3.63) is 32.3 Å². The van der Waals surface area contributed by atoms with E-state index in [2.05, 4.69) is 53.5 Å². The van der Waals surface area contributed by atoms with Gasteiger partial charge in [0.1, 0.15) is 10.6 Å². The maximum atomic E-state index is 4.55. The Bertz CT molecular complexity index is 769. The number of nitrogens with zero attached hydrogens (tertiary/aromatic N) is 2. The molecule has 0 aromatic carbocycles. The van der Waals surface area contributed by atoms with E-state index >= 15 is 0 Å². The van der Waals surface area contributed by atoms with Crippen LogP contribution in [-0.2, 0) is 6.54 Å². The van der Waals surface area contributed by atoms with Crippen molar-refractivity contribution in [3.8, 4) is 0 Å². The lowest BCUT2D eigenvalue weighted by molar-refractivity contribution is 1.12. The third-order valence-electron chi connectivity index (χ3n) is 3.39. The Labute approximate surface area is 132 Å². The molecule has 0 fully saturated rings. The van der Waals surface area contributed by atoms with Gasteiger partial charge in [0.2, 0.25) is 5.95 Å². The van der Waals surface area contributed by atoms with Crippen LogP contribution < -0.4 is 10.6 Å². The van der Waals surface area contributed by atoms with Crippen molar-refractivity contribution < 1.29 is 0 Å². The van der Waals surface area contributed by atoms with Gasteiger partial charge in [-0.2, -0.15) is 4.98 Å². The smallest absolute Gasteiger partial charge is 0.225 e. The van der Waals surface area contributed by atoms with Gasteiger partial charge in [-0.05, 0) is 38.5 Å². The first-order chi connectivity index (χ1) is 10.1. The van der Waals surface area contributed by atoms with Gasteiger partial charge < -0.3 is 10.6 Å². The molecule has 0 spiro atoms. The molecule has 0 aliphatic heterocycles. The van der Waals surface area contributed by atoms with Crippen molar-refractivity contribution in [2.24, 2.45) is 0 Å². The predicted octanol–water partition coefficient (Wildman–Crippen LogP) is 4.33. The number of fused-ring (bicyclic) bond motifs is 1. The third-order valence-corrected chi connectivity index (χ3v) is 5.48. The van der Waals surface area contributed by atoms with Crippen LogP contribution in [-0.4, -0.2) is 17.0 Å². The molecule has 0 radical (unpaired) electrons. The van der Waals surface area contributed by atoms with E-state index in [1.807, 2.05) is 18.4 Å². The first kappa shape index (κ1) is 14.3. The number of rotatable bonds is 4. The second-order valence-corrected chi connectivity index (χ2v) is 7.60. The molecule has 3 heterocycles. The van der Waals surface area contributed by atoms with E-state index in [-0.39, 0.29) is 0 Å². The SMILES string of the molecule is CNc1nc(NCc2cc(C)c(C)s2)c2cc(C)sc2n1. The van der Waals surface area contributed by atoms with Crippen LogP contribution in [0.5, 0.6) is 0 Å². The lowest BCUT2D eigenvalue weighted by atomic mass is 10.3. The van der Waals surface area contributed by atoms with Crippen LogP contribution in [0, 0.1) is 20.8 Å². The fraction of sp³-hybridized carbons (Fsp3) is 0.333. The van der Waals surface area contributed by atoms with E-state index in [0.717, 1.165) is 22.6 Å². The second kappa shape index (κ2) is 5.61. The van der Waals surface area contributed by atoms with Gasteiger partial charge in [0, 0.05) is 21.7 Å². The molecular formula is C15H18N4S2. The average molecular weight is 318 g/mol. The normalized spacial score (nSPS) is 11.0. The summed E-state index contributed by atoms with van der Waals surface area (Å²) in [6.07, 6.45) is 0. The molecule has 0 aliphatic carbocycles. The quantitative estimate of drug-likeness (QED) is 0.751. The van der Waals surface area contributed by atoms with Crippen LogP contribution in [0.3, 0.4) is 0 Å². The molecule has 110 valence electrons. The summed E-state index contributed by atoms with van der Waals surface area (Å²) in [5.74, 6) is 1.56. The Kier molecular flexibility index (Phi) is 3.82. The Morgan fingerprint density at radius 3 is 2.57 bits per heavy atom. The van der Waals surface area contributed by atoms with Crippen molar-refractivity contribution in [2.45, 2.75) is 27.3 Å². The van der Waals surface area contributed by atoms with E-state index in [1.54, 1.807) is 11.3 Å². The molecule has 0 atom stereocenters. The summed E-state index contributed by atoms with van der Waals surface area (Å²) in [6.45, 7) is 7.21. The molecule has 0 unspecified atom stereocenters. The summed E-state index contributed by atoms with van der Waals surface area (Å²) in [5, 5.41) is 7.58. The first-order valence-electron chi connectivity index (χ1n) is 6.82. The second-order valence-electron chi connectivity index (χ2n) is 5.03. The molecule has 21 heavy (non-hydrogen) atoms. The summed E-state index contributed by atoms with van der Waals surface area (Å²) in [5.41, 5.74) is 1.35. The molecule has 2 N–H and O–H groups in total. The highest BCUT2D eigenvalue weighted by atomic mass is 32.1. The third kappa shape index (κ3) is 2.87. The van der Waals surface area contributed by atoms with Crippen LogP contribution in [0.15, 0.2) is 12.1 Å². The molecule has 3 aromatic rings. The van der Waals surface area contributed by atoms with E-state index in [0.29, 0.717) is 5.95 Å². The molecule has 0 amide bonds. The summed E-state index contributed by atoms with van der Waals surface area (Å²) in [6, 6.07) is 4.38. The Morgan fingerprint density at radius 2 is 1.90 bits per heavy atom. The monoisotopic (exact) mass is 318 g/mol. The molecule has 0 aliphatic rings. The van der Waals surface area contributed by atoms with Crippen LogP contribution in [0.2, 0.25) is 0 Å². The maximum Gasteiger partial charge on any atom is 0.225 e. The highest BCUT2D eigenvalue weighted by Gasteiger charge is 2.10. The zero-order chi connectivity index (χ0) is 15.0. The summed E-state index contributed by atoms with van der Waals surface area (Å²) >= 11 is 3.53. The number of aromatic nitrogens is 2. The van der Waals surface area contributed by atoms with Gasteiger partial charge in [0.05, 0.1) is 11.9 Å². The van der Waals surface area contributed by atoms with Gasteiger partial charge in [-0.25, -0.2) is 4.98 Å². The average Bonchev–Trinajstić information content (AvgIpc) is 2.98. The molecule has 4 nitrogen and oxygen atoms in total. The van der Waals surface area contributed by atoms with Gasteiger partial charge in [-0.3, -0.25) is 0 Å². The summed E-state index contributed by atoms with van der Waals surface area (Å²) in [4.78, 5) is 14.0.